The number of hydrazone groups is 1. The number of halogens is 1. The first kappa shape index (κ1) is 16.3. The molecule has 0 radical (unpaired) electrons. The van der Waals surface area contributed by atoms with E-state index < -0.39 is 10.7 Å². The second kappa shape index (κ2) is 6.91. The van der Waals surface area contributed by atoms with Gasteiger partial charge < -0.3 is 4.98 Å². The summed E-state index contributed by atoms with van der Waals surface area (Å²) in [6.07, 6.45) is 2.88. The molecule has 0 aliphatic heterocycles. The fourth-order valence-electron chi connectivity index (χ4n) is 2.41. The summed E-state index contributed by atoms with van der Waals surface area (Å²) in [6, 6.07) is 10.7. The molecule has 8 heteroatoms. The van der Waals surface area contributed by atoms with Crippen molar-refractivity contribution in [3.05, 3.63) is 75.7 Å². The van der Waals surface area contributed by atoms with Crippen molar-refractivity contribution < 1.29 is 14.1 Å². The largest absolute Gasteiger partial charge is 0.361 e. The van der Waals surface area contributed by atoms with Crippen LogP contribution in [-0.2, 0) is 11.2 Å². The molecule has 126 valence electrons. The van der Waals surface area contributed by atoms with Crippen molar-refractivity contribution in [2.75, 3.05) is 0 Å². The molecule has 2 aromatic carbocycles. The number of carbonyl (C=O) groups is 1. The number of nitro benzene ring substituents is 1. The molecule has 1 amide bonds. The molecule has 1 aromatic heterocycles. The first-order valence-corrected chi connectivity index (χ1v) is 7.35. The average Bonchev–Trinajstić information content (AvgIpc) is 2.99. The zero-order valence-electron chi connectivity index (χ0n) is 12.9. The van der Waals surface area contributed by atoms with Crippen molar-refractivity contribution in [2.45, 2.75) is 6.42 Å². The van der Waals surface area contributed by atoms with Crippen LogP contribution in [0.25, 0.3) is 10.9 Å². The van der Waals surface area contributed by atoms with E-state index >= 15 is 0 Å². The molecule has 0 unspecified atom stereocenters. The Morgan fingerprint density at radius 3 is 2.92 bits per heavy atom. The second-order valence-electron chi connectivity index (χ2n) is 5.29. The predicted octanol–water partition coefficient (Wildman–Crippen LogP) is 2.91. The fraction of sp³-hybridized carbons (Fsp3) is 0.0588. The van der Waals surface area contributed by atoms with Gasteiger partial charge in [-0.3, -0.25) is 14.9 Å². The maximum Gasteiger partial charge on any atom is 0.270 e. The van der Waals surface area contributed by atoms with Gasteiger partial charge >= 0.3 is 0 Å². The van der Waals surface area contributed by atoms with E-state index in [1.165, 1.54) is 0 Å². The van der Waals surface area contributed by atoms with Crippen molar-refractivity contribution in [1.29, 1.82) is 0 Å². The zero-order valence-corrected chi connectivity index (χ0v) is 12.9. The number of non-ortho nitro benzene ring substituents is 1. The molecular weight excluding hydrogens is 327 g/mol. The Bertz CT molecular complexity index is 981. The molecular formula is C17H13FN4O3. The average molecular weight is 340 g/mol. The summed E-state index contributed by atoms with van der Waals surface area (Å²) >= 11 is 0. The standard InChI is InChI=1S/C17H13FN4O3/c18-15-6-5-13(22(24)25)7-12(15)10-20-21-17(23)8-11-9-19-16-4-2-1-3-14(11)16/h1-7,9-10,19H,8H2,(H,21,23). The number of H-pyrrole nitrogens is 1. The number of para-hydroxylation sites is 1. The highest BCUT2D eigenvalue weighted by atomic mass is 19.1. The smallest absolute Gasteiger partial charge is 0.270 e. The van der Waals surface area contributed by atoms with Crippen molar-refractivity contribution in [1.82, 2.24) is 10.4 Å². The summed E-state index contributed by atoms with van der Waals surface area (Å²) in [4.78, 5) is 25.1. The Morgan fingerprint density at radius 1 is 1.32 bits per heavy atom. The van der Waals surface area contributed by atoms with Crippen LogP contribution >= 0.6 is 0 Å². The van der Waals surface area contributed by atoms with Crippen LogP contribution in [-0.4, -0.2) is 22.0 Å². The van der Waals surface area contributed by atoms with E-state index in [0.29, 0.717) is 0 Å². The first-order chi connectivity index (χ1) is 12.0. The van der Waals surface area contributed by atoms with E-state index in [9.17, 15) is 19.3 Å². The van der Waals surface area contributed by atoms with Gasteiger partial charge in [-0.25, -0.2) is 9.82 Å². The van der Waals surface area contributed by atoms with Crippen LogP contribution in [0.15, 0.2) is 53.8 Å². The van der Waals surface area contributed by atoms with Crippen LogP contribution in [0.3, 0.4) is 0 Å². The van der Waals surface area contributed by atoms with Gasteiger partial charge in [0, 0.05) is 34.8 Å². The number of nitro groups is 1. The summed E-state index contributed by atoms with van der Waals surface area (Å²) < 4.78 is 13.6. The van der Waals surface area contributed by atoms with Crippen LogP contribution in [0.5, 0.6) is 0 Å². The minimum Gasteiger partial charge on any atom is -0.361 e. The molecule has 3 rings (SSSR count). The lowest BCUT2D eigenvalue weighted by Crippen LogP contribution is -2.19. The lowest BCUT2D eigenvalue weighted by atomic mass is 10.1. The van der Waals surface area contributed by atoms with Gasteiger partial charge in [0.05, 0.1) is 17.6 Å². The van der Waals surface area contributed by atoms with Gasteiger partial charge in [0.1, 0.15) is 5.82 Å². The SMILES string of the molecule is O=C(Cc1c[nH]c2ccccc12)NN=Cc1cc([N+](=O)[O-])ccc1F. The van der Waals surface area contributed by atoms with Crippen LogP contribution in [0.1, 0.15) is 11.1 Å². The molecule has 0 bridgehead atoms. The molecule has 0 spiro atoms. The molecule has 0 aliphatic rings. The van der Waals surface area contributed by atoms with Crippen LogP contribution in [0.4, 0.5) is 10.1 Å². The van der Waals surface area contributed by atoms with Crippen LogP contribution in [0, 0.1) is 15.9 Å². The van der Waals surface area contributed by atoms with Gasteiger partial charge in [-0.1, -0.05) is 18.2 Å². The number of fused-ring (bicyclic) bond motifs is 1. The number of carbonyl (C=O) groups excluding carboxylic acids is 1. The number of nitrogens with one attached hydrogen (secondary N) is 2. The number of aromatic amines is 1. The van der Waals surface area contributed by atoms with Crippen molar-refractivity contribution in [3.63, 3.8) is 0 Å². The van der Waals surface area contributed by atoms with E-state index in [0.717, 1.165) is 40.9 Å². The van der Waals surface area contributed by atoms with Crippen molar-refractivity contribution >= 4 is 28.7 Å². The third-order valence-corrected chi connectivity index (χ3v) is 3.61. The fourth-order valence-corrected chi connectivity index (χ4v) is 2.41. The highest BCUT2D eigenvalue weighted by Crippen LogP contribution is 2.18. The monoisotopic (exact) mass is 340 g/mol. The number of rotatable bonds is 5. The number of hydrogen-bond acceptors (Lipinski definition) is 4. The Morgan fingerprint density at radius 2 is 2.12 bits per heavy atom. The summed E-state index contributed by atoms with van der Waals surface area (Å²) in [5.74, 6) is -1.05. The van der Waals surface area contributed by atoms with Gasteiger partial charge in [0.15, 0.2) is 0 Å². The highest BCUT2D eigenvalue weighted by Gasteiger charge is 2.10. The molecule has 0 fully saturated rings. The summed E-state index contributed by atoms with van der Waals surface area (Å²) in [5.41, 5.74) is 3.69. The Labute approximate surface area is 141 Å². The molecule has 0 saturated carbocycles. The maximum atomic E-state index is 13.6. The Hall–Kier alpha value is -3.55. The molecule has 0 atom stereocenters. The topological polar surface area (TPSA) is 100 Å². The normalized spacial score (nSPS) is 11.1. The molecule has 25 heavy (non-hydrogen) atoms. The Kier molecular flexibility index (Phi) is 4.51. The summed E-state index contributed by atoms with van der Waals surface area (Å²) in [5, 5.41) is 15.3. The number of hydrogen-bond donors (Lipinski definition) is 2. The quantitative estimate of drug-likeness (QED) is 0.424. The van der Waals surface area contributed by atoms with Gasteiger partial charge in [0.2, 0.25) is 5.91 Å². The third-order valence-electron chi connectivity index (χ3n) is 3.61. The number of amides is 1. The molecule has 0 saturated heterocycles. The minimum absolute atomic E-state index is 0.0819. The van der Waals surface area contributed by atoms with Gasteiger partial charge in [-0.15, -0.1) is 0 Å². The summed E-state index contributed by atoms with van der Waals surface area (Å²) in [6.45, 7) is 0. The molecule has 2 N–H and O–H groups in total. The molecule has 0 aliphatic carbocycles. The lowest BCUT2D eigenvalue weighted by Gasteiger charge is -2.00. The van der Waals surface area contributed by atoms with E-state index in [2.05, 4.69) is 15.5 Å². The third kappa shape index (κ3) is 3.69. The molecule has 1 heterocycles. The van der Waals surface area contributed by atoms with E-state index in [1.807, 2.05) is 24.3 Å². The molecule has 7 nitrogen and oxygen atoms in total. The second-order valence-corrected chi connectivity index (χ2v) is 5.29. The van der Waals surface area contributed by atoms with E-state index in [4.69, 9.17) is 0 Å². The lowest BCUT2D eigenvalue weighted by molar-refractivity contribution is -0.384. The maximum absolute atomic E-state index is 13.6. The van der Waals surface area contributed by atoms with Gasteiger partial charge in [-0.2, -0.15) is 5.10 Å². The number of benzene rings is 2. The molecule has 3 aromatic rings. The highest BCUT2D eigenvalue weighted by molar-refractivity contribution is 5.89. The van der Waals surface area contributed by atoms with Crippen LogP contribution in [0.2, 0.25) is 0 Å². The van der Waals surface area contributed by atoms with E-state index in [-0.39, 0.29) is 23.6 Å². The summed E-state index contributed by atoms with van der Waals surface area (Å²) in [7, 11) is 0. The Balaban J connectivity index is 1.67. The first-order valence-electron chi connectivity index (χ1n) is 7.35. The predicted molar refractivity (Wildman–Crippen MR) is 90.8 cm³/mol. The zero-order chi connectivity index (χ0) is 17.8. The van der Waals surface area contributed by atoms with Gasteiger partial charge in [-0.05, 0) is 17.7 Å². The van der Waals surface area contributed by atoms with Gasteiger partial charge in [0.25, 0.3) is 5.69 Å². The number of nitrogens with zero attached hydrogens (tertiary/aromatic N) is 2. The van der Waals surface area contributed by atoms with Crippen molar-refractivity contribution in [3.8, 4) is 0 Å². The number of aromatic nitrogens is 1. The van der Waals surface area contributed by atoms with Crippen LogP contribution < -0.4 is 5.43 Å². The van der Waals surface area contributed by atoms with Crippen molar-refractivity contribution in [2.24, 2.45) is 5.10 Å². The van der Waals surface area contributed by atoms with E-state index in [1.54, 1.807) is 6.20 Å². The minimum atomic E-state index is -0.666.